The second-order valence-corrected chi connectivity index (χ2v) is 17.5. The zero-order valence-corrected chi connectivity index (χ0v) is 35.6. The van der Waals surface area contributed by atoms with Gasteiger partial charge < -0.3 is 29.2 Å². The molecule has 4 aromatic heterocycles. The molecule has 4 fully saturated rings. The highest BCUT2D eigenvalue weighted by atomic mass is 19.1. The van der Waals surface area contributed by atoms with E-state index in [1.54, 1.807) is 24.5 Å². The quantitative estimate of drug-likeness (QED) is 0.0976. The van der Waals surface area contributed by atoms with Gasteiger partial charge in [0.1, 0.15) is 11.6 Å². The Hall–Kier alpha value is -5.40. The Bertz CT molecular complexity index is 1970. The first-order valence-electron chi connectivity index (χ1n) is 22.1. The van der Waals surface area contributed by atoms with Crippen LogP contribution in [0.2, 0.25) is 0 Å². The van der Waals surface area contributed by atoms with E-state index in [2.05, 4.69) is 19.9 Å². The molecule has 0 unspecified atom stereocenters. The molecule has 332 valence electrons. The van der Waals surface area contributed by atoms with Gasteiger partial charge in [-0.3, -0.25) is 9.59 Å². The predicted molar refractivity (Wildman–Crippen MR) is 226 cm³/mol. The molecular formula is C48H58F2N4O8. The van der Waals surface area contributed by atoms with Crippen molar-refractivity contribution in [2.24, 2.45) is 23.7 Å². The van der Waals surface area contributed by atoms with Crippen LogP contribution in [0.25, 0.3) is 0 Å². The molecule has 4 aromatic rings. The molecule has 0 spiro atoms. The average Bonchev–Trinajstić information content (AvgIpc) is 4.23. The van der Waals surface area contributed by atoms with Crippen LogP contribution in [0, 0.1) is 35.3 Å². The van der Waals surface area contributed by atoms with E-state index >= 15 is 0 Å². The maximum Gasteiger partial charge on any atom is 0.303 e. The van der Waals surface area contributed by atoms with Gasteiger partial charge in [0.25, 0.3) is 0 Å². The van der Waals surface area contributed by atoms with Crippen molar-refractivity contribution in [3.8, 4) is 23.5 Å². The molecule has 0 radical (unpaired) electrons. The number of aromatic nitrogens is 4. The molecule has 2 N–H and O–H groups in total. The van der Waals surface area contributed by atoms with Gasteiger partial charge in [0.15, 0.2) is 0 Å². The summed E-state index contributed by atoms with van der Waals surface area (Å²) in [5.41, 5.74) is 3.37. The minimum atomic E-state index is -0.767. The van der Waals surface area contributed by atoms with Crippen LogP contribution in [0.15, 0.2) is 61.2 Å². The second kappa shape index (κ2) is 21.1. The van der Waals surface area contributed by atoms with Gasteiger partial charge in [-0.05, 0) is 159 Å². The SMILES string of the molecule is COc1cc(C2CCC(COc3cc([C@@H](CC(=O)O)C4CC4)ccn3)CC2)c(F)cn1.COc1cc(C2CCC(COc3cc([C@H](CC(=O)O)C4CC4)ccn3)CC2)c(F)cn1. The van der Waals surface area contributed by atoms with Crippen molar-refractivity contribution in [3.05, 3.63) is 95.1 Å². The van der Waals surface area contributed by atoms with Crippen LogP contribution in [0.5, 0.6) is 23.5 Å². The molecule has 8 rings (SSSR count). The Morgan fingerprint density at radius 3 is 1.31 bits per heavy atom. The number of rotatable bonds is 18. The van der Waals surface area contributed by atoms with E-state index in [-0.39, 0.29) is 48.1 Å². The standard InChI is InChI=1S/2C24H29FN2O4/c2*1-30-22-11-20(21(25)13-27-22)17-4-2-15(3-5-17)14-31-23-10-18(8-9-26-23)19(12-24(28)29)16-6-7-16/h2*8-11,13,15-17,19H,2-7,12,14H2,1H3,(H,28,29)/t2*15?,17?,19-/m10/s1. The Balaban J connectivity index is 0.000000186. The third-order valence-corrected chi connectivity index (χ3v) is 13.2. The van der Waals surface area contributed by atoms with Crippen molar-refractivity contribution >= 4 is 11.9 Å². The molecule has 2 atom stereocenters. The molecule has 62 heavy (non-hydrogen) atoms. The molecule has 4 aliphatic carbocycles. The predicted octanol–water partition coefficient (Wildman–Crippen LogP) is 9.89. The van der Waals surface area contributed by atoms with Gasteiger partial charge in [-0.1, -0.05) is 0 Å². The monoisotopic (exact) mass is 856 g/mol. The summed E-state index contributed by atoms with van der Waals surface area (Å²) in [5, 5.41) is 18.5. The van der Waals surface area contributed by atoms with Gasteiger partial charge in [-0.2, -0.15) is 0 Å². The molecule has 12 nitrogen and oxygen atoms in total. The number of pyridine rings is 4. The molecule has 4 saturated carbocycles. The lowest BCUT2D eigenvalue weighted by molar-refractivity contribution is -0.138. The summed E-state index contributed by atoms with van der Waals surface area (Å²) < 4.78 is 50.7. The van der Waals surface area contributed by atoms with Crippen molar-refractivity contribution in [3.63, 3.8) is 0 Å². The van der Waals surface area contributed by atoms with Crippen molar-refractivity contribution in [1.29, 1.82) is 0 Å². The Labute approximate surface area is 361 Å². The van der Waals surface area contributed by atoms with E-state index in [1.165, 1.54) is 26.6 Å². The summed E-state index contributed by atoms with van der Waals surface area (Å²) in [6.07, 6.45) is 17.9. The first kappa shape index (κ1) is 44.6. The molecule has 0 amide bonds. The zero-order chi connectivity index (χ0) is 43.6. The summed E-state index contributed by atoms with van der Waals surface area (Å²) in [4.78, 5) is 39.0. The van der Waals surface area contributed by atoms with Crippen LogP contribution in [0.3, 0.4) is 0 Å². The Kier molecular flexibility index (Phi) is 15.2. The van der Waals surface area contributed by atoms with Crippen molar-refractivity contribution in [1.82, 2.24) is 19.9 Å². The second-order valence-electron chi connectivity index (χ2n) is 17.5. The molecule has 4 heterocycles. The number of ether oxygens (including phenoxy) is 4. The van der Waals surface area contributed by atoms with E-state index in [0.717, 1.165) is 88.2 Å². The summed E-state index contributed by atoms with van der Waals surface area (Å²) in [5.74, 6) is 2.03. The first-order valence-corrected chi connectivity index (χ1v) is 22.1. The normalized spacial score (nSPS) is 22.0. The van der Waals surface area contributed by atoms with Gasteiger partial charge in [0.2, 0.25) is 23.5 Å². The molecule has 4 aliphatic rings. The fraction of sp³-hybridized carbons (Fsp3) is 0.542. The third-order valence-electron chi connectivity index (χ3n) is 13.2. The van der Waals surface area contributed by atoms with Gasteiger partial charge in [0.05, 0.1) is 52.7 Å². The highest BCUT2D eigenvalue weighted by Crippen LogP contribution is 2.46. The number of halogens is 2. The first-order chi connectivity index (χ1) is 30.1. The van der Waals surface area contributed by atoms with Gasteiger partial charge in [-0.25, -0.2) is 28.7 Å². The summed E-state index contributed by atoms with van der Waals surface area (Å²) in [7, 11) is 3.08. The van der Waals surface area contributed by atoms with E-state index in [4.69, 9.17) is 18.9 Å². The minimum absolute atomic E-state index is 0.0329. The average molecular weight is 857 g/mol. The number of carboxylic acid groups (broad SMARTS) is 2. The Morgan fingerprint density at radius 1 is 0.581 bits per heavy atom. The number of methoxy groups -OCH3 is 2. The molecule has 0 aromatic carbocycles. The van der Waals surface area contributed by atoms with E-state index in [9.17, 15) is 28.6 Å². The van der Waals surface area contributed by atoms with Crippen molar-refractivity contribution in [2.45, 2.75) is 114 Å². The topological polar surface area (TPSA) is 163 Å². The third kappa shape index (κ3) is 12.4. The van der Waals surface area contributed by atoms with Gasteiger partial charge in [0, 0.05) is 36.7 Å². The van der Waals surface area contributed by atoms with Crippen LogP contribution in [-0.2, 0) is 9.59 Å². The molecular weight excluding hydrogens is 799 g/mol. The summed E-state index contributed by atoms with van der Waals surface area (Å²) in [6, 6.07) is 11.0. The lowest BCUT2D eigenvalue weighted by atomic mass is 9.79. The largest absolute Gasteiger partial charge is 0.481 e. The van der Waals surface area contributed by atoms with E-state index in [1.807, 2.05) is 24.3 Å². The lowest BCUT2D eigenvalue weighted by Gasteiger charge is -2.29. The highest BCUT2D eigenvalue weighted by molar-refractivity contribution is 5.68. The maximum absolute atomic E-state index is 14.2. The lowest BCUT2D eigenvalue weighted by Crippen LogP contribution is -2.20. The number of hydrogen-bond acceptors (Lipinski definition) is 10. The van der Waals surface area contributed by atoms with Crippen molar-refractivity contribution < 1.29 is 47.5 Å². The number of carbonyl (C=O) groups is 2. The van der Waals surface area contributed by atoms with Crippen LogP contribution in [0.4, 0.5) is 8.78 Å². The fourth-order valence-electron chi connectivity index (χ4n) is 9.36. The number of nitrogens with zero attached hydrogens (tertiary/aromatic N) is 4. The van der Waals surface area contributed by atoms with Gasteiger partial charge in [-0.15, -0.1) is 0 Å². The number of carboxylic acids is 2. The van der Waals surface area contributed by atoms with Crippen LogP contribution < -0.4 is 18.9 Å². The number of hydrogen-bond donors (Lipinski definition) is 2. The summed E-state index contributed by atoms with van der Waals surface area (Å²) >= 11 is 0. The molecule has 14 heteroatoms. The van der Waals surface area contributed by atoms with Gasteiger partial charge >= 0.3 is 11.9 Å². The van der Waals surface area contributed by atoms with Crippen LogP contribution in [0.1, 0.15) is 136 Å². The molecule has 0 aliphatic heterocycles. The number of aliphatic carboxylic acids is 2. The minimum Gasteiger partial charge on any atom is -0.481 e. The van der Waals surface area contributed by atoms with E-state index in [0.29, 0.717) is 71.5 Å². The van der Waals surface area contributed by atoms with Crippen LogP contribution in [-0.4, -0.2) is 69.5 Å². The summed E-state index contributed by atoms with van der Waals surface area (Å²) in [6.45, 7) is 1.14. The van der Waals surface area contributed by atoms with E-state index < -0.39 is 11.9 Å². The molecule has 0 saturated heterocycles. The Morgan fingerprint density at radius 2 is 0.968 bits per heavy atom. The maximum atomic E-state index is 14.2. The molecule has 0 bridgehead atoms. The zero-order valence-electron chi connectivity index (χ0n) is 35.6. The fourth-order valence-corrected chi connectivity index (χ4v) is 9.36. The highest BCUT2D eigenvalue weighted by Gasteiger charge is 2.35. The van der Waals surface area contributed by atoms with Crippen LogP contribution >= 0.6 is 0 Å². The van der Waals surface area contributed by atoms with Crippen molar-refractivity contribution in [2.75, 3.05) is 27.4 Å². The smallest absolute Gasteiger partial charge is 0.303 e.